The van der Waals surface area contributed by atoms with Crippen molar-refractivity contribution in [2.24, 2.45) is 0 Å². The number of benzene rings is 3. The molecular formula is C30H37N3O3. The topological polar surface area (TPSA) is 68.0 Å². The van der Waals surface area contributed by atoms with E-state index < -0.39 is 0 Å². The van der Waals surface area contributed by atoms with Gasteiger partial charge in [0.15, 0.2) is 6.61 Å². The van der Waals surface area contributed by atoms with Crippen molar-refractivity contribution in [2.75, 3.05) is 37.4 Å². The lowest BCUT2D eigenvalue weighted by Gasteiger charge is -2.38. The molecule has 1 aliphatic heterocycles. The highest BCUT2D eigenvalue weighted by Gasteiger charge is 2.26. The molecule has 36 heavy (non-hydrogen) atoms. The van der Waals surface area contributed by atoms with E-state index in [9.17, 15) is 4.79 Å². The first-order valence-corrected chi connectivity index (χ1v) is 12.6. The first-order chi connectivity index (χ1) is 17.3. The van der Waals surface area contributed by atoms with Crippen molar-refractivity contribution in [1.82, 2.24) is 4.90 Å². The Bertz CT molecular complexity index is 1170. The summed E-state index contributed by atoms with van der Waals surface area (Å²) >= 11 is 0. The molecule has 0 radical (unpaired) electrons. The summed E-state index contributed by atoms with van der Waals surface area (Å²) in [5, 5.41) is 0. The highest BCUT2D eigenvalue weighted by molar-refractivity contribution is 5.78. The Hall–Kier alpha value is -3.67. The van der Waals surface area contributed by atoms with Crippen LogP contribution in [0.3, 0.4) is 0 Å². The van der Waals surface area contributed by atoms with E-state index in [-0.39, 0.29) is 18.6 Å². The van der Waals surface area contributed by atoms with Crippen LogP contribution < -0.4 is 20.1 Å². The number of piperidine rings is 1. The normalized spacial score (nSPS) is 14.0. The quantitative estimate of drug-likeness (QED) is 0.427. The zero-order valence-electron chi connectivity index (χ0n) is 22.0. The molecule has 4 rings (SSSR count). The van der Waals surface area contributed by atoms with Gasteiger partial charge in [-0.1, -0.05) is 18.2 Å². The van der Waals surface area contributed by atoms with E-state index in [1.165, 1.54) is 11.3 Å². The number of para-hydroxylation sites is 1. The van der Waals surface area contributed by atoms with E-state index in [1.807, 2.05) is 68.3 Å². The molecule has 1 saturated heterocycles. The van der Waals surface area contributed by atoms with Gasteiger partial charge >= 0.3 is 0 Å². The lowest BCUT2D eigenvalue weighted by molar-refractivity contribution is -0.134. The van der Waals surface area contributed by atoms with Gasteiger partial charge in [-0.05, 0) is 99.2 Å². The van der Waals surface area contributed by atoms with E-state index >= 15 is 0 Å². The Labute approximate surface area is 214 Å². The van der Waals surface area contributed by atoms with Gasteiger partial charge in [0, 0.05) is 31.9 Å². The average Bonchev–Trinajstić information content (AvgIpc) is 2.91. The molecule has 0 saturated carbocycles. The smallest absolute Gasteiger partial charge is 0.260 e. The molecule has 1 aliphatic rings. The molecule has 6 heteroatoms. The Morgan fingerprint density at radius 1 is 0.889 bits per heavy atom. The first-order valence-electron chi connectivity index (χ1n) is 12.6. The molecule has 0 aliphatic carbocycles. The summed E-state index contributed by atoms with van der Waals surface area (Å²) in [6, 6.07) is 18.2. The van der Waals surface area contributed by atoms with E-state index in [0.29, 0.717) is 11.4 Å². The molecule has 190 valence electrons. The monoisotopic (exact) mass is 487 g/mol. The third-order valence-corrected chi connectivity index (χ3v) is 7.60. The zero-order chi connectivity index (χ0) is 25.8. The number of hydrogen-bond acceptors (Lipinski definition) is 5. The number of rotatable bonds is 7. The Balaban J connectivity index is 1.29. The van der Waals surface area contributed by atoms with Gasteiger partial charge in [-0.3, -0.25) is 4.79 Å². The van der Waals surface area contributed by atoms with Gasteiger partial charge in [-0.15, -0.1) is 0 Å². The number of nitrogen functional groups attached to an aromatic ring is 1. The number of amides is 1. The number of anilines is 2. The summed E-state index contributed by atoms with van der Waals surface area (Å²) in [6.07, 6.45) is 1.82. The number of nitrogens with zero attached hydrogens (tertiary/aromatic N) is 2. The molecule has 0 spiro atoms. The second-order valence-electron chi connectivity index (χ2n) is 9.66. The van der Waals surface area contributed by atoms with Gasteiger partial charge < -0.3 is 25.0 Å². The van der Waals surface area contributed by atoms with Crippen molar-refractivity contribution in [3.8, 4) is 17.2 Å². The lowest BCUT2D eigenvalue weighted by Crippen LogP contribution is -2.47. The van der Waals surface area contributed by atoms with Gasteiger partial charge in [0.25, 0.3) is 5.91 Å². The Morgan fingerprint density at radius 2 is 1.47 bits per heavy atom. The number of hydrogen-bond donors (Lipinski definition) is 1. The average molecular weight is 488 g/mol. The van der Waals surface area contributed by atoms with Crippen LogP contribution in [0.15, 0.2) is 54.6 Å². The summed E-state index contributed by atoms with van der Waals surface area (Å²) in [4.78, 5) is 17.1. The number of carbonyl (C=O) groups excluding carboxylic acids is 1. The number of likely N-dealkylation sites (N-methyl/N-ethyl adjacent to an activating group) is 1. The van der Waals surface area contributed by atoms with Crippen LogP contribution in [0.4, 0.5) is 11.4 Å². The molecule has 2 N–H and O–H groups in total. The van der Waals surface area contributed by atoms with Crippen LogP contribution in [0.5, 0.6) is 17.2 Å². The van der Waals surface area contributed by atoms with Crippen LogP contribution in [0, 0.1) is 27.7 Å². The highest BCUT2D eigenvalue weighted by atomic mass is 16.5. The third kappa shape index (κ3) is 5.43. The van der Waals surface area contributed by atoms with E-state index in [1.54, 1.807) is 0 Å². The Kier molecular flexibility index (Phi) is 7.73. The highest BCUT2D eigenvalue weighted by Crippen LogP contribution is 2.35. The van der Waals surface area contributed by atoms with E-state index in [4.69, 9.17) is 15.2 Å². The van der Waals surface area contributed by atoms with Gasteiger partial charge in [-0.25, -0.2) is 0 Å². The molecule has 1 fully saturated rings. The van der Waals surface area contributed by atoms with Crippen molar-refractivity contribution in [2.45, 2.75) is 46.6 Å². The van der Waals surface area contributed by atoms with Crippen LogP contribution in [0.1, 0.15) is 35.1 Å². The van der Waals surface area contributed by atoms with E-state index in [2.05, 4.69) is 30.9 Å². The summed E-state index contributed by atoms with van der Waals surface area (Å²) in [5.74, 6) is 2.26. The summed E-state index contributed by atoms with van der Waals surface area (Å²) < 4.78 is 11.9. The molecule has 0 unspecified atom stereocenters. The van der Waals surface area contributed by atoms with E-state index in [0.717, 1.165) is 54.1 Å². The molecule has 0 atom stereocenters. The minimum atomic E-state index is -0.0226. The number of nitrogens with two attached hydrogens (primary N) is 1. The molecule has 1 amide bonds. The fraction of sp³-hybridized carbons (Fsp3) is 0.367. The van der Waals surface area contributed by atoms with Gasteiger partial charge in [0.05, 0.1) is 5.69 Å². The molecule has 1 heterocycles. The minimum absolute atomic E-state index is 0.00737. The second kappa shape index (κ2) is 10.9. The van der Waals surface area contributed by atoms with Crippen molar-refractivity contribution in [3.05, 3.63) is 76.9 Å². The fourth-order valence-corrected chi connectivity index (χ4v) is 4.79. The predicted octanol–water partition coefficient (Wildman–Crippen LogP) is 5.80. The summed E-state index contributed by atoms with van der Waals surface area (Å²) in [7, 11) is 1.88. The zero-order valence-corrected chi connectivity index (χ0v) is 22.0. The molecule has 0 aromatic heterocycles. The maximum Gasteiger partial charge on any atom is 0.260 e. The summed E-state index contributed by atoms with van der Waals surface area (Å²) in [6.45, 7) is 9.90. The van der Waals surface area contributed by atoms with Crippen LogP contribution in [0.25, 0.3) is 0 Å². The number of carbonyl (C=O) groups is 1. The maximum atomic E-state index is 12.9. The van der Waals surface area contributed by atoms with Crippen molar-refractivity contribution in [3.63, 3.8) is 0 Å². The number of ether oxygens (including phenoxy) is 2. The summed E-state index contributed by atoms with van der Waals surface area (Å²) in [5.41, 5.74) is 12.5. The van der Waals surface area contributed by atoms with Gasteiger partial charge in [0.2, 0.25) is 0 Å². The van der Waals surface area contributed by atoms with Crippen LogP contribution in [0.2, 0.25) is 0 Å². The first kappa shape index (κ1) is 25.4. The molecular weight excluding hydrogens is 450 g/mol. The van der Waals surface area contributed by atoms with Crippen molar-refractivity contribution < 1.29 is 14.3 Å². The third-order valence-electron chi connectivity index (χ3n) is 7.60. The fourth-order valence-electron chi connectivity index (χ4n) is 4.79. The van der Waals surface area contributed by atoms with Gasteiger partial charge in [0.1, 0.15) is 17.2 Å². The van der Waals surface area contributed by atoms with Crippen molar-refractivity contribution in [1.29, 1.82) is 0 Å². The molecule has 3 aromatic rings. The molecule has 3 aromatic carbocycles. The Morgan fingerprint density at radius 3 is 2.11 bits per heavy atom. The van der Waals surface area contributed by atoms with Crippen LogP contribution >= 0.6 is 0 Å². The minimum Gasteiger partial charge on any atom is -0.481 e. The standard InChI is InChI=1S/C30H37N3O3/c1-20-21(2)23(4)30(29(31)22(20)3)35-19-28(34)32(5)24-15-17-33(18-16-24)25-11-13-27(14-12-25)36-26-9-7-6-8-10-26/h6-14,24H,15-19,31H2,1-5H3. The van der Waals surface area contributed by atoms with Crippen molar-refractivity contribution >= 4 is 17.3 Å². The lowest BCUT2D eigenvalue weighted by atomic mass is 9.97. The molecule has 6 nitrogen and oxygen atoms in total. The SMILES string of the molecule is Cc1c(C)c(C)c(OCC(=O)N(C)C2CCN(c3ccc(Oc4ccccc4)cc3)CC2)c(N)c1C. The largest absolute Gasteiger partial charge is 0.481 e. The van der Waals surface area contributed by atoms with Gasteiger partial charge in [-0.2, -0.15) is 0 Å². The van der Waals surface area contributed by atoms with Crippen LogP contribution in [-0.4, -0.2) is 43.6 Å². The van der Waals surface area contributed by atoms with Crippen LogP contribution in [-0.2, 0) is 4.79 Å². The predicted molar refractivity (Wildman–Crippen MR) is 146 cm³/mol. The molecule has 0 bridgehead atoms. The second-order valence-corrected chi connectivity index (χ2v) is 9.66. The maximum absolute atomic E-state index is 12.9.